The summed E-state index contributed by atoms with van der Waals surface area (Å²) >= 11 is 1.87. The van der Waals surface area contributed by atoms with Crippen LogP contribution in [0.4, 0.5) is 0 Å². The van der Waals surface area contributed by atoms with Crippen molar-refractivity contribution < 1.29 is 0 Å². The van der Waals surface area contributed by atoms with E-state index in [1.165, 1.54) is 15.8 Å². The van der Waals surface area contributed by atoms with Gasteiger partial charge < -0.3 is 0 Å². The van der Waals surface area contributed by atoms with Gasteiger partial charge in [0.05, 0.1) is 5.52 Å². The number of aromatic nitrogens is 1. The van der Waals surface area contributed by atoms with Gasteiger partial charge in [-0.25, -0.2) is 0 Å². The van der Waals surface area contributed by atoms with Crippen LogP contribution in [0.5, 0.6) is 0 Å². The van der Waals surface area contributed by atoms with Crippen LogP contribution in [0, 0.1) is 6.92 Å². The summed E-state index contributed by atoms with van der Waals surface area (Å²) in [4.78, 5) is 5.81. The van der Waals surface area contributed by atoms with Crippen LogP contribution in [-0.4, -0.2) is 9.73 Å². The minimum atomic E-state index is 0.223. The van der Waals surface area contributed by atoms with Gasteiger partial charge in [-0.1, -0.05) is 32.9 Å². The van der Waals surface area contributed by atoms with Crippen LogP contribution in [0.25, 0.3) is 10.9 Å². The maximum absolute atomic E-state index is 4.54. The van der Waals surface area contributed by atoms with E-state index in [9.17, 15) is 0 Å². The third-order valence-corrected chi connectivity index (χ3v) is 3.39. The number of rotatable bonds is 1. The van der Waals surface area contributed by atoms with Crippen LogP contribution < -0.4 is 0 Å². The highest BCUT2D eigenvalue weighted by Gasteiger charge is 2.14. The first-order valence-electron chi connectivity index (χ1n) is 5.50. The summed E-state index contributed by atoms with van der Waals surface area (Å²) in [6, 6.07) is 8.58. The Morgan fingerprint density at radius 3 is 2.62 bits per heavy atom. The van der Waals surface area contributed by atoms with Crippen molar-refractivity contribution in [2.75, 3.05) is 0 Å². The molecule has 1 nitrogen and oxygen atoms in total. The van der Waals surface area contributed by atoms with E-state index in [0.29, 0.717) is 0 Å². The zero-order chi connectivity index (χ0) is 11.8. The second-order valence-corrected chi connectivity index (χ2v) is 6.92. The number of pyridine rings is 1. The fourth-order valence-corrected chi connectivity index (χ4v) is 2.73. The van der Waals surface area contributed by atoms with Crippen molar-refractivity contribution >= 4 is 22.7 Å². The summed E-state index contributed by atoms with van der Waals surface area (Å²) in [5.74, 6) is 0. The zero-order valence-corrected chi connectivity index (χ0v) is 11.1. The summed E-state index contributed by atoms with van der Waals surface area (Å²) in [5.41, 5.74) is 2.33. The van der Waals surface area contributed by atoms with Crippen LogP contribution in [0.15, 0.2) is 35.4 Å². The van der Waals surface area contributed by atoms with E-state index in [2.05, 4.69) is 56.9 Å². The average molecular weight is 231 g/mol. The fourth-order valence-electron chi connectivity index (χ4n) is 1.66. The SMILES string of the molecule is Cc1cnc2c(SC(C)(C)C)cccc2c1. The summed E-state index contributed by atoms with van der Waals surface area (Å²) in [7, 11) is 0. The molecule has 16 heavy (non-hydrogen) atoms. The summed E-state index contributed by atoms with van der Waals surface area (Å²) < 4.78 is 0.223. The lowest BCUT2D eigenvalue weighted by atomic mass is 10.2. The highest BCUT2D eigenvalue weighted by molar-refractivity contribution is 8.00. The Kier molecular flexibility index (Phi) is 2.94. The van der Waals surface area contributed by atoms with Crippen molar-refractivity contribution in [1.82, 2.24) is 4.98 Å². The summed E-state index contributed by atoms with van der Waals surface area (Å²) in [6.07, 6.45) is 1.94. The molecule has 0 spiro atoms. The molecule has 0 aliphatic carbocycles. The molecule has 1 aromatic heterocycles. The van der Waals surface area contributed by atoms with Crippen LogP contribution in [-0.2, 0) is 0 Å². The normalized spacial score (nSPS) is 12.0. The molecule has 0 amide bonds. The molecule has 0 aliphatic heterocycles. The maximum atomic E-state index is 4.54. The molecule has 0 bridgehead atoms. The molecule has 2 heteroatoms. The Morgan fingerprint density at radius 1 is 1.19 bits per heavy atom. The van der Waals surface area contributed by atoms with Crippen LogP contribution >= 0.6 is 11.8 Å². The van der Waals surface area contributed by atoms with Gasteiger partial charge in [0.25, 0.3) is 0 Å². The molecule has 0 atom stereocenters. The number of benzene rings is 1. The molecular weight excluding hydrogens is 214 g/mol. The Morgan fingerprint density at radius 2 is 1.94 bits per heavy atom. The van der Waals surface area contributed by atoms with Gasteiger partial charge in [0, 0.05) is 21.2 Å². The van der Waals surface area contributed by atoms with E-state index in [4.69, 9.17) is 0 Å². The first kappa shape index (κ1) is 11.5. The quantitative estimate of drug-likeness (QED) is 0.673. The van der Waals surface area contributed by atoms with Crippen LogP contribution in [0.2, 0.25) is 0 Å². The standard InChI is InChI=1S/C14H17NS/c1-10-8-11-6-5-7-12(13(11)15-9-10)16-14(2,3)4/h5-9H,1-4H3. The first-order chi connectivity index (χ1) is 7.46. The maximum Gasteiger partial charge on any atom is 0.0838 e. The van der Waals surface area contributed by atoms with Gasteiger partial charge in [0.1, 0.15) is 0 Å². The average Bonchev–Trinajstić information content (AvgIpc) is 2.15. The second kappa shape index (κ2) is 4.10. The van der Waals surface area contributed by atoms with Gasteiger partial charge in [0.2, 0.25) is 0 Å². The van der Waals surface area contributed by atoms with Crippen molar-refractivity contribution in [3.05, 3.63) is 36.0 Å². The molecule has 1 heterocycles. The van der Waals surface area contributed by atoms with Gasteiger partial charge >= 0.3 is 0 Å². The predicted octanol–water partition coefficient (Wildman–Crippen LogP) is 4.43. The number of aryl methyl sites for hydroxylation is 1. The largest absolute Gasteiger partial charge is 0.255 e. The number of nitrogens with zero attached hydrogens (tertiary/aromatic N) is 1. The Balaban J connectivity index is 2.54. The Bertz CT molecular complexity index is 512. The molecular formula is C14H17NS. The molecule has 0 fully saturated rings. The van der Waals surface area contributed by atoms with Crippen molar-refractivity contribution in [2.24, 2.45) is 0 Å². The fraction of sp³-hybridized carbons (Fsp3) is 0.357. The van der Waals surface area contributed by atoms with Crippen molar-refractivity contribution in [2.45, 2.75) is 37.3 Å². The van der Waals surface area contributed by atoms with Gasteiger partial charge in [-0.2, -0.15) is 0 Å². The number of para-hydroxylation sites is 1. The lowest BCUT2D eigenvalue weighted by molar-refractivity contribution is 0.803. The van der Waals surface area contributed by atoms with E-state index >= 15 is 0 Å². The Hall–Kier alpha value is -1.02. The minimum Gasteiger partial charge on any atom is -0.255 e. The second-order valence-electron chi connectivity index (χ2n) is 5.05. The van der Waals surface area contributed by atoms with E-state index < -0.39 is 0 Å². The number of thioether (sulfide) groups is 1. The van der Waals surface area contributed by atoms with E-state index in [1.54, 1.807) is 0 Å². The summed E-state index contributed by atoms with van der Waals surface area (Å²) in [6.45, 7) is 8.76. The lowest BCUT2D eigenvalue weighted by Crippen LogP contribution is -2.06. The van der Waals surface area contributed by atoms with Gasteiger partial charge in [0.15, 0.2) is 0 Å². The number of hydrogen-bond donors (Lipinski definition) is 0. The number of hydrogen-bond acceptors (Lipinski definition) is 2. The monoisotopic (exact) mass is 231 g/mol. The number of fused-ring (bicyclic) bond motifs is 1. The molecule has 0 radical (unpaired) electrons. The van der Waals surface area contributed by atoms with E-state index in [-0.39, 0.29) is 4.75 Å². The molecule has 84 valence electrons. The zero-order valence-electron chi connectivity index (χ0n) is 10.2. The van der Waals surface area contributed by atoms with E-state index in [0.717, 1.165) is 5.52 Å². The Labute approximate surface area is 101 Å². The summed E-state index contributed by atoms with van der Waals surface area (Å²) in [5, 5.41) is 1.23. The molecule has 1 aromatic carbocycles. The van der Waals surface area contributed by atoms with Gasteiger partial charge in [-0.15, -0.1) is 11.8 Å². The van der Waals surface area contributed by atoms with Crippen LogP contribution in [0.3, 0.4) is 0 Å². The molecule has 0 saturated heterocycles. The lowest BCUT2D eigenvalue weighted by Gasteiger charge is -2.18. The smallest absolute Gasteiger partial charge is 0.0838 e. The van der Waals surface area contributed by atoms with Gasteiger partial charge in [-0.3, -0.25) is 4.98 Å². The molecule has 2 aromatic rings. The third kappa shape index (κ3) is 2.56. The topological polar surface area (TPSA) is 12.9 Å². The molecule has 0 saturated carbocycles. The predicted molar refractivity (Wildman–Crippen MR) is 72.1 cm³/mol. The van der Waals surface area contributed by atoms with Crippen molar-refractivity contribution in [3.63, 3.8) is 0 Å². The first-order valence-corrected chi connectivity index (χ1v) is 6.32. The third-order valence-electron chi connectivity index (χ3n) is 2.23. The minimum absolute atomic E-state index is 0.223. The van der Waals surface area contributed by atoms with Crippen LogP contribution in [0.1, 0.15) is 26.3 Å². The molecule has 0 N–H and O–H groups in total. The molecule has 0 unspecified atom stereocenters. The van der Waals surface area contributed by atoms with Crippen molar-refractivity contribution in [1.29, 1.82) is 0 Å². The highest BCUT2D eigenvalue weighted by Crippen LogP contribution is 2.35. The highest BCUT2D eigenvalue weighted by atomic mass is 32.2. The van der Waals surface area contributed by atoms with Crippen molar-refractivity contribution in [3.8, 4) is 0 Å². The van der Waals surface area contributed by atoms with Gasteiger partial charge in [-0.05, 0) is 24.6 Å². The molecule has 0 aliphatic rings. The van der Waals surface area contributed by atoms with E-state index in [1.807, 2.05) is 18.0 Å². The molecule has 2 rings (SSSR count).